The number of rotatable bonds is 1. The molecule has 2 heteroatoms. The van der Waals surface area contributed by atoms with E-state index in [1.807, 2.05) is 0 Å². The van der Waals surface area contributed by atoms with Crippen molar-refractivity contribution in [3.63, 3.8) is 0 Å². The second-order valence-corrected chi connectivity index (χ2v) is 2.68. The summed E-state index contributed by atoms with van der Waals surface area (Å²) in [6.07, 6.45) is 4.17. The van der Waals surface area contributed by atoms with E-state index in [0.29, 0.717) is 0 Å². The molecule has 0 N–H and O–H groups in total. The molecule has 1 aliphatic heterocycles. The molecule has 1 rings (SSSR count). The Labute approximate surface area is 70.0 Å². The summed E-state index contributed by atoms with van der Waals surface area (Å²) in [5.74, 6) is 0. The van der Waals surface area contributed by atoms with Crippen molar-refractivity contribution in [1.29, 1.82) is 0 Å². The van der Waals surface area contributed by atoms with Gasteiger partial charge in [-0.05, 0) is 32.9 Å². The molecular weight excluding hydrogens is 105 g/mol. The van der Waals surface area contributed by atoms with Gasteiger partial charge in [-0.3, -0.25) is 0 Å². The molecule has 0 radical (unpaired) electrons. The van der Waals surface area contributed by atoms with Crippen molar-refractivity contribution in [3.05, 3.63) is 0 Å². The standard InChI is InChI=1S/C7H15N.Li.H/c1-3-7-5-4-6-8(7)2;;/h7H,3-6H2,1-2H3;;. The van der Waals surface area contributed by atoms with Crippen LogP contribution in [-0.2, 0) is 0 Å². The van der Waals surface area contributed by atoms with E-state index in [1.54, 1.807) is 0 Å². The summed E-state index contributed by atoms with van der Waals surface area (Å²) in [6.45, 7) is 3.59. The number of hydrogen-bond acceptors (Lipinski definition) is 1. The Morgan fingerprint density at radius 1 is 1.56 bits per heavy atom. The van der Waals surface area contributed by atoms with Gasteiger partial charge in [0.25, 0.3) is 0 Å². The van der Waals surface area contributed by atoms with Gasteiger partial charge in [-0.15, -0.1) is 0 Å². The normalized spacial score (nSPS) is 28.0. The van der Waals surface area contributed by atoms with Crippen molar-refractivity contribution in [3.8, 4) is 0 Å². The first-order valence-electron chi connectivity index (χ1n) is 3.55. The predicted molar refractivity (Wildman–Crippen MR) is 43.1 cm³/mol. The Morgan fingerprint density at radius 2 is 2.22 bits per heavy atom. The van der Waals surface area contributed by atoms with E-state index in [0.717, 1.165) is 6.04 Å². The molecule has 0 aromatic heterocycles. The van der Waals surface area contributed by atoms with Gasteiger partial charge >= 0.3 is 18.9 Å². The maximum absolute atomic E-state index is 2.46. The van der Waals surface area contributed by atoms with Crippen molar-refractivity contribution in [2.24, 2.45) is 0 Å². The van der Waals surface area contributed by atoms with E-state index < -0.39 is 0 Å². The van der Waals surface area contributed by atoms with E-state index in [2.05, 4.69) is 18.9 Å². The van der Waals surface area contributed by atoms with Crippen LogP contribution in [0.2, 0.25) is 0 Å². The van der Waals surface area contributed by atoms with E-state index in [-0.39, 0.29) is 18.9 Å². The maximum atomic E-state index is 2.46. The number of nitrogens with zero attached hydrogens (tertiary/aromatic N) is 1. The zero-order chi connectivity index (χ0) is 5.98. The SMILES string of the molecule is CCC1CCCN1C.[LiH]. The topological polar surface area (TPSA) is 3.24 Å². The Bertz CT molecular complexity index is 75.3. The van der Waals surface area contributed by atoms with Gasteiger partial charge in [-0.2, -0.15) is 0 Å². The average Bonchev–Trinajstić information content (AvgIpc) is 2.14. The third-order valence-electron chi connectivity index (χ3n) is 2.14. The van der Waals surface area contributed by atoms with Gasteiger partial charge in [0.15, 0.2) is 0 Å². The van der Waals surface area contributed by atoms with Gasteiger partial charge < -0.3 is 4.90 Å². The Balaban J connectivity index is 0.000000640. The van der Waals surface area contributed by atoms with Gasteiger partial charge in [0.05, 0.1) is 0 Å². The summed E-state index contributed by atoms with van der Waals surface area (Å²) in [6, 6.07) is 0.898. The van der Waals surface area contributed by atoms with E-state index in [1.165, 1.54) is 25.8 Å². The van der Waals surface area contributed by atoms with Crippen LogP contribution in [0.5, 0.6) is 0 Å². The molecule has 1 nitrogen and oxygen atoms in total. The minimum absolute atomic E-state index is 0. The van der Waals surface area contributed by atoms with Crippen LogP contribution >= 0.6 is 0 Å². The van der Waals surface area contributed by atoms with Crippen LogP contribution in [0.3, 0.4) is 0 Å². The Morgan fingerprint density at radius 3 is 2.44 bits per heavy atom. The Hall–Kier alpha value is 0.557. The first kappa shape index (κ1) is 9.56. The molecule has 0 aromatic rings. The van der Waals surface area contributed by atoms with Crippen LogP contribution in [0.15, 0.2) is 0 Å². The molecule has 50 valence electrons. The second kappa shape index (κ2) is 4.39. The van der Waals surface area contributed by atoms with Crippen molar-refractivity contribution < 1.29 is 0 Å². The third-order valence-corrected chi connectivity index (χ3v) is 2.14. The number of hydrogen-bond donors (Lipinski definition) is 0. The van der Waals surface area contributed by atoms with Crippen molar-refractivity contribution in [1.82, 2.24) is 4.90 Å². The molecule has 0 spiro atoms. The van der Waals surface area contributed by atoms with Gasteiger partial charge in [-0.25, -0.2) is 0 Å². The second-order valence-electron chi connectivity index (χ2n) is 2.68. The fraction of sp³-hybridized carbons (Fsp3) is 1.00. The summed E-state index contributed by atoms with van der Waals surface area (Å²) in [5, 5.41) is 0. The minimum atomic E-state index is 0. The molecule has 0 aliphatic carbocycles. The van der Waals surface area contributed by atoms with Gasteiger partial charge in [-0.1, -0.05) is 6.92 Å². The molecule has 1 heterocycles. The van der Waals surface area contributed by atoms with Gasteiger partial charge in [0.2, 0.25) is 0 Å². The molecular formula is C7H16LiN. The summed E-state index contributed by atoms with van der Waals surface area (Å²) in [5.41, 5.74) is 0. The summed E-state index contributed by atoms with van der Waals surface area (Å²) in [7, 11) is 2.22. The molecule has 1 saturated heterocycles. The molecule has 1 aliphatic rings. The fourth-order valence-corrected chi connectivity index (χ4v) is 1.50. The molecule has 1 atom stereocenters. The van der Waals surface area contributed by atoms with E-state index in [9.17, 15) is 0 Å². The van der Waals surface area contributed by atoms with Crippen molar-refractivity contribution in [2.75, 3.05) is 13.6 Å². The summed E-state index contributed by atoms with van der Waals surface area (Å²) in [4.78, 5) is 2.46. The summed E-state index contributed by atoms with van der Waals surface area (Å²) < 4.78 is 0. The summed E-state index contributed by atoms with van der Waals surface area (Å²) >= 11 is 0. The van der Waals surface area contributed by atoms with Crippen LogP contribution in [0.25, 0.3) is 0 Å². The van der Waals surface area contributed by atoms with Crippen LogP contribution in [0.1, 0.15) is 26.2 Å². The van der Waals surface area contributed by atoms with Crippen molar-refractivity contribution >= 4 is 18.9 Å². The molecule has 0 bridgehead atoms. The van der Waals surface area contributed by atoms with Crippen LogP contribution < -0.4 is 0 Å². The molecule has 0 saturated carbocycles. The average molecular weight is 121 g/mol. The molecule has 9 heavy (non-hydrogen) atoms. The molecule has 0 amide bonds. The zero-order valence-electron chi connectivity index (χ0n) is 5.85. The van der Waals surface area contributed by atoms with E-state index in [4.69, 9.17) is 0 Å². The van der Waals surface area contributed by atoms with Crippen LogP contribution in [-0.4, -0.2) is 43.4 Å². The monoisotopic (exact) mass is 121 g/mol. The zero-order valence-corrected chi connectivity index (χ0v) is 5.85. The third kappa shape index (κ3) is 2.33. The van der Waals surface area contributed by atoms with Gasteiger partial charge in [0, 0.05) is 6.04 Å². The quantitative estimate of drug-likeness (QED) is 0.465. The Kier molecular flexibility index (Phi) is 4.66. The number of likely N-dealkylation sites (tertiary alicyclic amines) is 1. The van der Waals surface area contributed by atoms with Crippen LogP contribution in [0.4, 0.5) is 0 Å². The molecule has 1 fully saturated rings. The first-order chi connectivity index (χ1) is 3.84. The van der Waals surface area contributed by atoms with E-state index >= 15 is 0 Å². The first-order valence-corrected chi connectivity index (χ1v) is 3.55. The van der Waals surface area contributed by atoms with Gasteiger partial charge in [0.1, 0.15) is 0 Å². The fourth-order valence-electron chi connectivity index (χ4n) is 1.50. The molecule has 0 aromatic carbocycles. The predicted octanol–water partition coefficient (Wildman–Crippen LogP) is 0.842. The van der Waals surface area contributed by atoms with Crippen molar-refractivity contribution in [2.45, 2.75) is 32.2 Å². The molecule has 1 unspecified atom stereocenters. The van der Waals surface area contributed by atoms with Crippen LogP contribution in [0, 0.1) is 0 Å².